The van der Waals surface area contributed by atoms with Crippen LogP contribution >= 0.6 is 23.2 Å². The number of rotatable bonds is 3. The molecule has 0 spiro atoms. The fourth-order valence-electron chi connectivity index (χ4n) is 1.20. The largest absolute Gasteiger partial charge is 0.0979 e. The molecule has 0 aliphatic rings. The Bertz CT molecular complexity index is 372. The molecule has 15 heavy (non-hydrogen) atoms. The summed E-state index contributed by atoms with van der Waals surface area (Å²) in [5, 5.41) is 1.14. The zero-order valence-corrected chi connectivity index (χ0v) is 10.3. The number of hydrogen-bond donors (Lipinski definition) is 0. The molecule has 0 aliphatic heterocycles. The van der Waals surface area contributed by atoms with Crippen molar-refractivity contribution < 1.29 is 0 Å². The number of benzene rings is 1. The van der Waals surface area contributed by atoms with Gasteiger partial charge in [-0.2, -0.15) is 0 Å². The molecule has 80 valence electrons. The summed E-state index contributed by atoms with van der Waals surface area (Å²) in [6.07, 6.45) is 4.60. The zero-order chi connectivity index (χ0) is 11.1. The van der Waals surface area contributed by atoms with E-state index in [9.17, 15) is 0 Å². The van der Waals surface area contributed by atoms with E-state index >= 15 is 0 Å². The molecule has 0 nitrogen and oxygen atoms in total. The van der Waals surface area contributed by atoms with Gasteiger partial charge >= 0.3 is 0 Å². The van der Waals surface area contributed by atoms with Crippen molar-refractivity contribution in [1.82, 2.24) is 0 Å². The lowest BCUT2D eigenvalue weighted by Crippen LogP contribution is -1.76. The van der Waals surface area contributed by atoms with E-state index in [1.807, 2.05) is 6.07 Å². The first-order valence-electron chi connectivity index (χ1n) is 5.18. The van der Waals surface area contributed by atoms with Gasteiger partial charge in [-0.15, -0.1) is 0 Å². The normalized spacial score (nSPS) is 9.53. The highest BCUT2D eigenvalue weighted by atomic mass is 35.5. The second-order valence-corrected chi connectivity index (χ2v) is 4.20. The lowest BCUT2D eigenvalue weighted by atomic mass is 10.2. The van der Waals surface area contributed by atoms with E-state index in [1.54, 1.807) is 12.1 Å². The van der Waals surface area contributed by atoms with Crippen LogP contribution in [0.4, 0.5) is 0 Å². The first-order chi connectivity index (χ1) is 7.24. The molecule has 1 aromatic carbocycles. The molecule has 1 aromatic rings. The second-order valence-electron chi connectivity index (χ2n) is 3.39. The molecule has 1 rings (SSSR count). The minimum Gasteiger partial charge on any atom is -0.0979 e. The van der Waals surface area contributed by atoms with Gasteiger partial charge < -0.3 is 0 Å². The standard InChI is InChI=1S/C13H14Cl2/c1-2-3-4-5-6-7-11-8-9-12(14)13(15)10-11/h8-10H,2-5H2,1H3. The Balaban J connectivity index is 2.53. The summed E-state index contributed by atoms with van der Waals surface area (Å²) in [5.41, 5.74) is 0.931. The summed E-state index contributed by atoms with van der Waals surface area (Å²) in [6.45, 7) is 2.19. The van der Waals surface area contributed by atoms with E-state index in [-0.39, 0.29) is 0 Å². The molecule has 0 radical (unpaired) electrons. The average Bonchev–Trinajstić information content (AvgIpc) is 2.23. The molecule has 0 fully saturated rings. The van der Waals surface area contributed by atoms with Crippen LogP contribution in [0.3, 0.4) is 0 Å². The van der Waals surface area contributed by atoms with Crippen LogP contribution in [0.2, 0.25) is 10.0 Å². The molecule has 0 bridgehead atoms. The molecular formula is C13H14Cl2. The van der Waals surface area contributed by atoms with Gasteiger partial charge in [-0.3, -0.25) is 0 Å². The second kappa shape index (κ2) is 6.77. The van der Waals surface area contributed by atoms with Crippen LogP contribution in [0.1, 0.15) is 38.2 Å². The predicted molar refractivity (Wildman–Crippen MR) is 67.5 cm³/mol. The number of halogens is 2. The maximum absolute atomic E-state index is 5.88. The Labute approximate surface area is 102 Å². The molecular weight excluding hydrogens is 227 g/mol. The van der Waals surface area contributed by atoms with Gasteiger partial charge in [-0.25, -0.2) is 0 Å². The third kappa shape index (κ3) is 4.60. The van der Waals surface area contributed by atoms with Crippen molar-refractivity contribution >= 4 is 23.2 Å². The predicted octanol–water partition coefficient (Wildman–Crippen LogP) is 4.93. The average molecular weight is 241 g/mol. The molecule has 0 aliphatic carbocycles. The van der Waals surface area contributed by atoms with E-state index in [1.165, 1.54) is 19.3 Å². The van der Waals surface area contributed by atoms with Crippen LogP contribution in [-0.4, -0.2) is 0 Å². The fraction of sp³-hybridized carbons (Fsp3) is 0.385. The van der Waals surface area contributed by atoms with Gasteiger partial charge in [0.1, 0.15) is 0 Å². The van der Waals surface area contributed by atoms with Crippen molar-refractivity contribution in [2.45, 2.75) is 32.6 Å². The van der Waals surface area contributed by atoms with Crippen LogP contribution < -0.4 is 0 Å². The smallest absolute Gasteiger partial charge is 0.0604 e. The van der Waals surface area contributed by atoms with Crippen molar-refractivity contribution in [1.29, 1.82) is 0 Å². The number of hydrogen-bond acceptors (Lipinski definition) is 0. The van der Waals surface area contributed by atoms with Gasteiger partial charge in [0.2, 0.25) is 0 Å². The summed E-state index contributed by atoms with van der Waals surface area (Å²) in [6, 6.07) is 5.47. The topological polar surface area (TPSA) is 0 Å². The third-order valence-electron chi connectivity index (χ3n) is 2.06. The van der Waals surface area contributed by atoms with Crippen LogP contribution in [0.5, 0.6) is 0 Å². The van der Waals surface area contributed by atoms with Crippen molar-refractivity contribution in [3.63, 3.8) is 0 Å². The van der Waals surface area contributed by atoms with Crippen LogP contribution in [0.15, 0.2) is 18.2 Å². The van der Waals surface area contributed by atoms with Gasteiger partial charge in [0.15, 0.2) is 0 Å². The van der Waals surface area contributed by atoms with Gasteiger partial charge in [0, 0.05) is 12.0 Å². The zero-order valence-electron chi connectivity index (χ0n) is 8.82. The molecule has 0 heterocycles. The molecule has 0 amide bonds. The quantitative estimate of drug-likeness (QED) is 0.520. The Morgan fingerprint density at radius 2 is 1.93 bits per heavy atom. The van der Waals surface area contributed by atoms with Crippen LogP contribution in [0, 0.1) is 11.8 Å². The van der Waals surface area contributed by atoms with E-state index in [0.717, 1.165) is 12.0 Å². The SMILES string of the molecule is CCCCCC#Cc1ccc(Cl)c(Cl)c1. The summed E-state index contributed by atoms with van der Waals surface area (Å²) in [5.74, 6) is 6.21. The molecule has 0 unspecified atom stereocenters. The van der Waals surface area contributed by atoms with Gasteiger partial charge in [-0.1, -0.05) is 54.8 Å². The summed E-state index contributed by atoms with van der Waals surface area (Å²) in [4.78, 5) is 0. The van der Waals surface area contributed by atoms with Crippen LogP contribution in [-0.2, 0) is 0 Å². The lowest BCUT2D eigenvalue weighted by Gasteiger charge is -1.95. The maximum atomic E-state index is 5.88. The van der Waals surface area contributed by atoms with Crippen LogP contribution in [0.25, 0.3) is 0 Å². The Hall–Kier alpha value is -0.640. The minimum atomic E-state index is 0.567. The van der Waals surface area contributed by atoms with Gasteiger partial charge in [0.25, 0.3) is 0 Å². The molecule has 0 N–H and O–H groups in total. The van der Waals surface area contributed by atoms with Crippen molar-refractivity contribution in [3.8, 4) is 11.8 Å². The molecule has 0 atom stereocenters. The third-order valence-corrected chi connectivity index (χ3v) is 2.80. The highest BCUT2D eigenvalue weighted by Gasteiger charge is 1.96. The van der Waals surface area contributed by atoms with E-state index in [4.69, 9.17) is 23.2 Å². The van der Waals surface area contributed by atoms with Gasteiger partial charge in [-0.05, 0) is 24.6 Å². The number of unbranched alkanes of at least 4 members (excludes halogenated alkanes) is 3. The Kier molecular flexibility index (Phi) is 5.61. The summed E-state index contributed by atoms with van der Waals surface area (Å²) in [7, 11) is 0. The van der Waals surface area contributed by atoms with E-state index < -0.39 is 0 Å². The first kappa shape index (κ1) is 12.4. The lowest BCUT2D eigenvalue weighted by molar-refractivity contribution is 0.737. The molecule has 0 saturated heterocycles. The Morgan fingerprint density at radius 3 is 2.60 bits per heavy atom. The molecule has 0 saturated carbocycles. The molecule has 0 aromatic heterocycles. The first-order valence-corrected chi connectivity index (χ1v) is 5.93. The summed E-state index contributed by atoms with van der Waals surface area (Å²) >= 11 is 11.7. The molecule has 2 heteroatoms. The Morgan fingerprint density at radius 1 is 1.13 bits per heavy atom. The minimum absolute atomic E-state index is 0.567. The van der Waals surface area contributed by atoms with E-state index in [2.05, 4.69) is 18.8 Å². The van der Waals surface area contributed by atoms with Crippen molar-refractivity contribution in [2.75, 3.05) is 0 Å². The highest BCUT2D eigenvalue weighted by Crippen LogP contribution is 2.22. The van der Waals surface area contributed by atoms with Crippen molar-refractivity contribution in [2.24, 2.45) is 0 Å². The van der Waals surface area contributed by atoms with Crippen molar-refractivity contribution in [3.05, 3.63) is 33.8 Å². The monoisotopic (exact) mass is 240 g/mol. The summed E-state index contributed by atoms with van der Waals surface area (Å²) < 4.78 is 0. The fourth-order valence-corrected chi connectivity index (χ4v) is 1.50. The van der Waals surface area contributed by atoms with E-state index in [0.29, 0.717) is 10.0 Å². The maximum Gasteiger partial charge on any atom is 0.0604 e. The van der Waals surface area contributed by atoms with Gasteiger partial charge in [0.05, 0.1) is 10.0 Å². The highest BCUT2D eigenvalue weighted by molar-refractivity contribution is 6.42.